The molecule has 6 nitrogen and oxygen atoms in total. The molecule has 0 radical (unpaired) electrons. The Bertz CT molecular complexity index is 918. The number of hydrogen-bond donors (Lipinski definition) is 1. The second-order valence-electron chi connectivity index (χ2n) is 6.60. The average molecular weight is 397 g/mol. The second-order valence-corrected chi connectivity index (χ2v) is 6.60. The van der Waals surface area contributed by atoms with Gasteiger partial charge in [-0.15, -0.1) is 0 Å². The van der Waals surface area contributed by atoms with Gasteiger partial charge in [0.05, 0.1) is 24.3 Å². The van der Waals surface area contributed by atoms with E-state index in [-0.39, 0.29) is 10.9 Å². The van der Waals surface area contributed by atoms with E-state index in [0.717, 1.165) is 25.2 Å². The van der Waals surface area contributed by atoms with Crippen molar-refractivity contribution in [3.8, 4) is 0 Å². The van der Waals surface area contributed by atoms with Gasteiger partial charge in [-0.05, 0) is 25.1 Å². The maximum absolute atomic E-state index is 13.0. The number of carbonyl (C=O) groups is 1. The standard InChI is InChI=1S/C19H22F3N3O3/c1-2-25-12-15(18(27)23-5-6-24-7-9-28-10-8-24)17(26)14-11-13(19(20,21)22)3-4-16(14)25/h3-4,11-12H,2,5-10H2,1H3,(H,23,27). The number of pyridine rings is 1. The minimum atomic E-state index is -4.56. The molecule has 1 aromatic carbocycles. The number of halogens is 3. The quantitative estimate of drug-likeness (QED) is 0.840. The summed E-state index contributed by atoms with van der Waals surface area (Å²) >= 11 is 0. The molecule has 152 valence electrons. The first-order valence-corrected chi connectivity index (χ1v) is 9.14. The molecule has 1 N–H and O–H groups in total. The monoisotopic (exact) mass is 397 g/mol. The summed E-state index contributed by atoms with van der Waals surface area (Å²) in [5.74, 6) is -0.584. The Labute approximate surface area is 159 Å². The number of rotatable bonds is 5. The Morgan fingerprint density at radius 1 is 1.25 bits per heavy atom. The predicted molar refractivity (Wildman–Crippen MR) is 98.5 cm³/mol. The van der Waals surface area contributed by atoms with E-state index < -0.39 is 23.1 Å². The molecule has 1 aliphatic rings. The summed E-state index contributed by atoms with van der Waals surface area (Å²) < 4.78 is 46.0. The zero-order chi connectivity index (χ0) is 20.3. The molecule has 1 aliphatic heterocycles. The first-order valence-electron chi connectivity index (χ1n) is 9.14. The van der Waals surface area contributed by atoms with Gasteiger partial charge in [-0.25, -0.2) is 0 Å². The SMILES string of the molecule is CCn1cc(C(=O)NCCN2CCOCC2)c(=O)c2cc(C(F)(F)F)ccc21. The van der Waals surface area contributed by atoms with E-state index in [1.165, 1.54) is 12.3 Å². The van der Waals surface area contributed by atoms with Crippen LogP contribution in [0.5, 0.6) is 0 Å². The molecule has 3 rings (SSSR count). The lowest BCUT2D eigenvalue weighted by atomic mass is 10.1. The van der Waals surface area contributed by atoms with Crippen molar-refractivity contribution >= 4 is 16.8 Å². The Morgan fingerprint density at radius 2 is 1.96 bits per heavy atom. The lowest BCUT2D eigenvalue weighted by Gasteiger charge is -2.26. The number of alkyl halides is 3. The van der Waals surface area contributed by atoms with Gasteiger partial charge < -0.3 is 14.6 Å². The lowest BCUT2D eigenvalue weighted by Crippen LogP contribution is -2.42. The maximum atomic E-state index is 13.0. The van der Waals surface area contributed by atoms with E-state index in [0.29, 0.717) is 38.4 Å². The number of nitrogens with one attached hydrogen (secondary N) is 1. The maximum Gasteiger partial charge on any atom is 0.416 e. The van der Waals surface area contributed by atoms with E-state index in [9.17, 15) is 22.8 Å². The largest absolute Gasteiger partial charge is 0.416 e. The van der Waals surface area contributed by atoms with Gasteiger partial charge in [0.15, 0.2) is 0 Å². The van der Waals surface area contributed by atoms with Gasteiger partial charge in [-0.1, -0.05) is 0 Å². The highest BCUT2D eigenvalue weighted by Gasteiger charge is 2.31. The number of ether oxygens (including phenoxy) is 1. The fraction of sp³-hybridized carbons (Fsp3) is 0.474. The number of hydrogen-bond acceptors (Lipinski definition) is 4. The third-order valence-corrected chi connectivity index (χ3v) is 4.81. The van der Waals surface area contributed by atoms with Crippen LogP contribution in [0.4, 0.5) is 13.2 Å². The molecule has 0 atom stereocenters. The van der Waals surface area contributed by atoms with Crippen LogP contribution in [0, 0.1) is 0 Å². The van der Waals surface area contributed by atoms with Crippen LogP contribution in [0.2, 0.25) is 0 Å². The molecule has 0 saturated carbocycles. The minimum Gasteiger partial charge on any atom is -0.379 e. The van der Waals surface area contributed by atoms with Gasteiger partial charge in [-0.2, -0.15) is 13.2 Å². The molecular formula is C19H22F3N3O3. The van der Waals surface area contributed by atoms with Crippen LogP contribution in [0.3, 0.4) is 0 Å². The molecule has 1 saturated heterocycles. The summed E-state index contributed by atoms with van der Waals surface area (Å²) in [4.78, 5) is 27.4. The summed E-state index contributed by atoms with van der Waals surface area (Å²) in [6, 6.07) is 3.02. The number of nitrogens with zero attached hydrogens (tertiary/aromatic N) is 2. The molecule has 28 heavy (non-hydrogen) atoms. The number of aryl methyl sites for hydroxylation is 1. The first kappa shape index (κ1) is 20.3. The van der Waals surface area contributed by atoms with Gasteiger partial charge >= 0.3 is 6.18 Å². The number of fused-ring (bicyclic) bond motifs is 1. The topological polar surface area (TPSA) is 63.6 Å². The van der Waals surface area contributed by atoms with Crippen molar-refractivity contribution < 1.29 is 22.7 Å². The molecule has 9 heteroatoms. The van der Waals surface area contributed by atoms with Gasteiger partial charge in [-0.3, -0.25) is 14.5 Å². The highest BCUT2D eigenvalue weighted by molar-refractivity contribution is 5.97. The summed E-state index contributed by atoms with van der Waals surface area (Å²) in [6.07, 6.45) is -3.16. The van der Waals surface area contributed by atoms with Crippen LogP contribution in [-0.4, -0.2) is 54.8 Å². The molecule has 0 bridgehead atoms. The van der Waals surface area contributed by atoms with E-state index in [1.807, 2.05) is 0 Å². The summed E-state index contributed by atoms with van der Waals surface area (Å²) in [5.41, 5.74) is -1.40. The van der Waals surface area contributed by atoms with Gasteiger partial charge in [0.1, 0.15) is 5.56 Å². The number of carbonyl (C=O) groups excluding carboxylic acids is 1. The van der Waals surface area contributed by atoms with Crippen LogP contribution < -0.4 is 10.7 Å². The molecule has 2 aromatic rings. The molecule has 2 heterocycles. The van der Waals surface area contributed by atoms with E-state index >= 15 is 0 Å². The number of amides is 1. The van der Waals surface area contributed by atoms with Gasteiger partial charge in [0.2, 0.25) is 5.43 Å². The van der Waals surface area contributed by atoms with Crippen molar-refractivity contribution in [1.29, 1.82) is 0 Å². The van der Waals surface area contributed by atoms with E-state index in [2.05, 4.69) is 10.2 Å². The Balaban J connectivity index is 1.86. The smallest absolute Gasteiger partial charge is 0.379 e. The Morgan fingerprint density at radius 3 is 2.61 bits per heavy atom. The molecule has 1 amide bonds. The van der Waals surface area contributed by atoms with Crippen molar-refractivity contribution in [3.05, 3.63) is 45.7 Å². The number of aromatic nitrogens is 1. The second kappa shape index (κ2) is 8.32. The third kappa shape index (κ3) is 4.36. The third-order valence-electron chi connectivity index (χ3n) is 4.81. The van der Waals surface area contributed by atoms with Crippen LogP contribution in [0.25, 0.3) is 10.9 Å². The molecular weight excluding hydrogens is 375 g/mol. The van der Waals surface area contributed by atoms with Crippen molar-refractivity contribution in [3.63, 3.8) is 0 Å². The summed E-state index contributed by atoms with van der Waals surface area (Å²) in [5, 5.41) is 2.58. The van der Waals surface area contributed by atoms with Crippen molar-refractivity contribution in [2.45, 2.75) is 19.6 Å². The lowest BCUT2D eigenvalue weighted by molar-refractivity contribution is -0.137. The fourth-order valence-corrected chi connectivity index (χ4v) is 3.24. The fourth-order valence-electron chi connectivity index (χ4n) is 3.24. The molecule has 1 aromatic heterocycles. The molecule has 0 spiro atoms. The zero-order valence-corrected chi connectivity index (χ0v) is 15.5. The highest BCUT2D eigenvalue weighted by atomic mass is 19.4. The Hall–Kier alpha value is -2.39. The van der Waals surface area contributed by atoms with Crippen LogP contribution in [0.15, 0.2) is 29.2 Å². The number of benzene rings is 1. The van der Waals surface area contributed by atoms with Gasteiger partial charge in [0.25, 0.3) is 5.91 Å². The molecule has 0 aliphatic carbocycles. The zero-order valence-electron chi connectivity index (χ0n) is 15.5. The molecule has 1 fully saturated rings. The van der Waals surface area contributed by atoms with Crippen LogP contribution in [-0.2, 0) is 17.5 Å². The van der Waals surface area contributed by atoms with Gasteiger partial charge in [0, 0.05) is 44.3 Å². The average Bonchev–Trinajstić information content (AvgIpc) is 2.68. The van der Waals surface area contributed by atoms with Crippen LogP contribution >= 0.6 is 0 Å². The highest BCUT2D eigenvalue weighted by Crippen LogP contribution is 2.30. The Kier molecular flexibility index (Phi) is 6.04. The molecule has 0 unspecified atom stereocenters. The van der Waals surface area contributed by atoms with Crippen molar-refractivity contribution in [2.75, 3.05) is 39.4 Å². The van der Waals surface area contributed by atoms with Crippen molar-refractivity contribution in [1.82, 2.24) is 14.8 Å². The van der Waals surface area contributed by atoms with E-state index in [1.54, 1.807) is 11.5 Å². The summed E-state index contributed by atoms with van der Waals surface area (Å²) in [6.45, 7) is 5.98. The first-order chi connectivity index (χ1) is 13.3. The van der Waals surface area contributed by atoms with E-state index in [4.69, 9.17) is 4.74 Å². The normalized spacial score (nSPS) is 15.7. The summed E-state index contributed by atoms with van der Waals surface area (Å²) in [7, 11) is 0. The van der Waals surface area contributed by atoms with Crippen molar-refractivity contribution in [2.24, 2.45) is 0 Å². The van der Waals surface area contributed by atoms with Crippen LogP contribution in [0.1, 0.15) is 22.8 Å². The minimum absolute atomic E-state index is 0.113. The number of morpholine rings is 1. The predicted octanol–water partition coefficient (Wildman–Crippen LogP) is 2.10.